The highest BCUT2D eigenvalue weighted by Crippen LogP contribution is 2.33. The van der Waals surface area contributed by atoms with Crippen molar-refractivity contribution in [2.24, 2.45) is 0 Å². The van der Waals surface area contributed by atoms with Crippen molar-refractivity contribution in [3.8, 4) is 5.69 Å². The Kier molecular flexibility index (Phi) is 5.31. The number of nitrogens with zero attached hydrogens (tertiary/aromatic N) is 3. The quantitative estimate of drug-likeness (QED) is 0.650. The first-order valence-corrected chi connectivity index (χ1v) is 8.09. The number of aromatic nitrogens is 3. The van der Waals surface area contributed by atoms with Crippen LogP contribution in [0.25, 0.3) is 5.69 Å². The summed E-state index contributed by atoms with van der Waals surface area (Å²) >= 11 is 0. The third-order valence-corrected chi connectivity index (χ3v) is 3.92. The summed E-state index contributed by atoms with van der Waals surface area (Å²) < 4.78 is 77.8. The van der Waals surface area contributed by atoms with E-state index in [-0.39, 0.29) is 17.9 Å². The number of hydrogen-bond donors (Lipinski definition) is 1. The van der Waals surface area contributed by atoms with E-state index in [0.29, 0.717) is 5.56 Å². The van der Waals surface area contributed by atoms with E-state index in [4.69, 9.17) is 0 Å². The monoisotopic (exact) mass is 414 g/mol. The van der Waals surface area contributed by atoms with E-state index >= 15 is 0 Å². The SMILES string of the molecule is O=C(NCc1ccc(C(F)(F)F)cc1)c1cn(-c2ccccc2C(F)(F)F)nn1. The summed E-state index contributed by atoms with van der Waals surface area (Å²) in [5, 5.41) is 9.54. The normalized spacial score (nSPS) is 12.1. The molecule has 1 aromatic heterocycles. The summed E-state index contributed by atoms with van der Waals surface area (Å²) in [5.41, 5.74) is -1.90. The van der Waals surface area contributed by atoms with E-state index in [9.17, 15) is 31.1 Å². The minimum atomic E-state index is -4.62. The van der Waals surface area contributed by atoms with Gasteiger partial charge in [0.25, 0.3) is 5.91 Å². The van der Waals surface area contributed by atoms with Crippen LogP contribution < -0.4 is 5.32 Å². The maximum absolute atomic E-state index is 13.1. The molecule has 3 rings (SSSR count). The van der Waals surface area contributed by atoms with E-state index in [1.165, 1.54) is 30.3 Å². The van der Waals surface area contributed by atoms with Gasteiger partial charge in [-0.25, -0.2) is 4.68 Å². The number of nitrogens with one attached hydrogen (secondary N) is 1. The lowest BCUT2D eigenvalue weighted by Crippen LogP contribution is -2.23. The van der Waals surface area contributed by atoms with Crippen LogP contribution in [0.5, 0.6) is 0 Å². The van der Waals surface area contributed by atoms with Crippen molar-refractivity contribution in [2.75, 3.05) is 0 Å². The molecule has 0 unspecified atom stereocenters. The molecule has 0 saturated carbocycles. The summed E-state index contributed by atoms with van der Waals surface area (Å²) in [4.78, 5) is 12.1. The van der Waals surface area contributed by atoms with Crippen LogP contribution in [0.1, 0.15) is 27.2 Å². The molecule has 1 amide bonds. The van der Waals surface area contributed by atoms with Gasteiger partial charge in [-0.2, -0.15) is 26.3 Å². The molecule has 0 bridgehead atoms. The van der Waals surface area contributed by atoms with Gasteiger partial charge in [-0.1, -0.05) is 29.5 Å². The van der Waals surface area contributed by atoms with E-state index in [1.54, 1.807) is 0 Å². The maximum Gasteiger partial charge on any atom is 0.418 e. The van der Waals surface area contributed by atoms with Gasteiger partial charge < -0.3 is 5.32 Å². The fourth-order valence-electron chi connectivity index (χ4n) is 2.48. The number of amides is 1. The molecule has 0 radical (unpaired) electrons. The molecule has 0 saturated heterocycles. The van der Waals surface area contributed by atoms with Crippen molar-refractivity contribution < 1.29 is 31.1 Å². The Labute approximate surface area is 160 Å². The van der Waals surface area contributed by atoms with Crippen molar-refractivity contribution in [3.63, 3.8) is 0 Å². The third-order valence-electron chi connectivity index (χ3n) is 3.92. The Morgan fingerprint density at radius 1 is 0.931 bits per heavy atom. The molecule has 1 N–H and O–H groups in total. The third kappa shape index (κ3) is 4.73. The zero-order chi connectivity index (χ0) is 21.2. The van der Waals surface area contributed by atoms with E-state index < -0.39 is 29.4 Å². The van der Waals surface area contributed by atoms with Gasteiger partial charge in [-0.15, -0.1) is 5.10 Å². The highest BCUT2D eigenvalue weighted by atomic mass is 19.4. The smallest absolute Gasteiger partial charge is 0.347 e. The second-order valence-corrected chi connectivity index (χ2v) is 5.94. The zero-order valence-corrected chi connectivity index (χ0v) is 14.4. The topological polar surface area (TPSA) is 59.8 Å². The van der Waals surface area contributed by atoms with Gasteiger partial charge in [-0.05, 0) is 29.8 Å². The van der Waals surface area contributed by atoms with Gasteiger partial charge in [-0.3, -0.25) is 4.79 Å². The molecule has 2 aromatic carbocycles. The molecule has 0 aliphatic carbocycles. The Morgan fingerprint density at radius 2 is 1.59 bits per heavy atom. The fraction of sp³-hybridized carbons (Fsp3) is 0.167. The average Bonchev–Trinajstić information content (AvgIpc) is 3.15. The molecule has 0 spiro atoms. The van der Waals surface area contributed by atoms with Crippen molar-refractivity contribution in [1.29, 1.82) is 0 Å². The maximum atomic E-state index is 13.1. The molecule has 0 fully saturated rings. The minimum absolute atomic E-state index is 0.0943. The van der Waals surface area contributed by atoms with E-state index in [0.717, 1.165) is 29.1 Å². The molecule has 1 heterocycles. The van der Waals surface area contributed by atoms with Crippen LogP contribution >= 0.6 is 0 Å². The van der Waals surface area contributed by atoms with Gasteiger partial charge in [0.2, 0.25) is 0 Å². The molecular weight excluding hydrogens is 402 g/mol. The number of carbonyl (C=O) groups excluding carboxylic acids is 1. The van der Waals surface area contributed by atoms with Gasteiger partial charge in [0.1, 0.15) is 0 Å². The number of benzene rings is 2. The molecule has 152 valence electrons. The van der Waals surface area contributed by atoms with Crippen molar-refractivity contribution in [1.82, 2.24) is 20.3 Å². The first kappa shape index (κ1) is 20.4. The fourth-order valence-corrected chi connectivity index (χ4v) is 2.48. The van der Waals surface area contributed by atoms with Gasteiger partial charge in [0.15, 0.2) is 5.69 Å². The standard InChI is InChI=1S/C18H12F6N4O/c19-17(20,21)12-7-5-11(6-8-12)9-25-16(29)14-10-28(27-26-14)15-4-2-1-3-13(15)18(22,23)24/h1-8,10H,9H2,(H,25,29). The lowest BCUT2D eigenvalue weighted by atomic mass is 10.1. The summed E-state index contributed by atoms with van der Waals surface area (Å²) in [6, 6.07) is 8.84. The largest absolute Gasteiger partial charge is 0.418 e. The number of hydrogen-bond acceptors (Lipinski definition) is 3. The molecule has 5 nitrogen and oxygen atoms in total. The Bertz CT molecular complexity index is 1010. The van der Waals surface area contributed by atoms with Crippen molar-refractivity contribution in [2.45, 2.75) is 18.9 Å². The van der Waals surface area contributed by atoms with E-state index in [1.807, 2.05) is 0 Å². The number of carbonyl (C=O) groups is 1. The van der Waals surface area contributed by atoms with Crippen LogP contribution in [0.15, 0.2) is 54.7 Å². The molecule has 29 heavy (non-hydrogen) atoms. The van der Waals surface area contributed by atoms with Crippen molar-refractivity contribution in [3.05, 3.63) is 77.1 Å². The predicted molar refractivity (Wildman–Crippen MR) is 89.0 cm³/mol. The summed E-state index contributed by atoms with van der Waals surface area (Å²) in [5.74, 6) is -0.736. The van der Waals surface area contributed by atoms with Crippen LogP contribution in [-0.4, -0.2) is 20.9 Å². The van der Waals surface area contributed by atoms with Crippen LogP contribution in [-0.2, 0) is 18.9 Å². The number of alkyl halides is 6. The van der Waals surface area contributed by atoms with Crippen molar-refractivity contribution >= 4 is 5.91 Å². The molecule has 11 heteroatoms. The lowest BCUT2D eigenvalue weighted by Gasteiger charge is -2.11. The van der Waals surface area contributed by atoms with Gasteiger partial charge in [0.05, 0.1) is 23.0 Å². The number of rotatable bonds is 4. The van der Waals surface area contributed by atoms with Crippen LogP contribution in [0, 0.1) is 0 Å². The predicted octanol–water partition coefficient (Wildman–Crippen LogP) is 4.23. The second kappa shape index (κ2) is 7.57. The van der Waals surface area contributed by atoms with Gasteiger partial charge >= 0.3 is 12.4 Å². The number of halogens is 6. The Morgan fingerprint density at radius 3 is 2.21 bits per heavy atom. The van der Waals surface area contributed by atoms with Gasteiger partial charge in [0, 0.05) is 6.54 Å². The number of para-hydroxylation sites is 1. The highest BCUT2D eigenvalue weighted by molar-refractivity contribution is 5.91. The molecule has 0 aliphatic rings. The molecule has 0 atom stereocenters. The van der Waals surface area contributed by atoms with Crippen LogP contribution in [0.3, 0.4) is 0 Å². The molecular formula is C18H12F6N4O. The first-order valence-electron chi connectivity index (χ1n) is 8.09. The second-order valence-electron chi connectivity index (χ2n) is 5.94. The first-order chi connectivity index (χ1) is 13.6. The highest BCUT2D eigenvalue weighted by Gasteiger charge is 2.34. The van der Waals surface area contributed by atoms with Crippen LogP contribution in [0.4, 0.5) is 26.3 Å². The zero-order valence-electron chi connectivity index (χ0n) is 14.4. The summed E-state index contributed by atoms with van der Waals surface area (Å²) in [6.07, 6.45) is -8.05. The molecule has 0 aliphatic heterocycles. The lowest BCUT2D eigenvalue weighted by molar-refractivity contribution is -0.138. The Balaban J connectivity index is 1.71. The Hall–Kier alpha value is -3.37. The summed E-state index contributed by atoms with van der Waals surface area (Å²) in [7, 11) is 0. The molecule has 3 aromatic rings. The average molecular weight is 414 g/mol. The summed E-state index contributed by atoms with van der Waals surface area (Å²) in [6.45, 7) is -0.0943. The van der Waals surface area contributed by atoms with E-state index in [2.05, 4.69) is 15.6 Å². The minimum Gasteiger partial charge on any atom is -0.347 e. The van der Waals surface area contributed by atoms with Crippen LogP contribution in [0.2, 0.25) is 0 Å².